The van der Waals surface area contributed by atoms with Gasteiger partial charge in [0.15, 0.2) is 12.3 Å². The molecule has 2 heterocycles. The molecule has 0 aliphatic heterocycles. The quantitative estimate of drug-likeness (QED) is 0.502. The van der Waals surface area contributed by atoms with E-state index in [4.69, 9.17) is 4.74 Å². The number of nitrogens with zero attached hydrogens (tertiary/aromatic N) is 3. The number of carbonyl (C=O) groups is 2. The number of amides is 1. The van der Waals surface area contributed by atoms with Gasteiger partial charge in [-0.15, -0.1) is 0 Å². The summed E-state index contributed by atoms with van der Waals surface area (Å²) < 4.78 is 7.65. The Hall–Kier alpha value is -2.49. The van der Waals surface area contributed by atoms with E-state index in [1.54, 1.807) is 37.5 Å². The second-order valence-corrected chi connectivity index (χ2v) is 6.23. The van der Waals surface area contributed by atoms with E-state index in [-0.39, 0.29) is 12.2 Å². The van der Waals surface area contributed by atoms with Crippen molar-refractivity contribution in [2.75, 3.05) is 11.9 Å². The second-order valence-electron chi connectivity index (χ2n) is 4.98. The molecular weight excluding hydrogens is 423 g/mol. The summed E-state index contributed by atoms with van der Waals surface area (Å²) in [6.07, 6.45) is 3.26. The predicted octanol–water partition coefficient (Wildman–Crippen LogP) is 2.44. The summed E-state index contributed by atoms with van der Waals surface area (Å²) in [5, 5.41) is 6.85. The van der Waals surface area contributed by atoms with Crippen molar-refractivity contribution in [1.82, 2.24) is 14.6 Å². The molecule has 1 aromatic carbocycles. The highest BCUT2D eigenvalue weighted by molar-refractivity contribution is 14.1. The fourth-order valence-corrected chi connectivity index (χ4v) is 2.53. The lowest BCUT2D eigenvalue weighted by Gasteiger charge is -2.06. The molecule has 24 heavy (non-hydrogen) atoms. The second kappa shape index (κ2) is 6.95. The lowest BCUT2D eigenvalue weighted by Crippen LogP contribution is -2.21. The van der Waals surface area contributed by atoms with Crippen molar-refractivity contribution in [3.8, 4) is 0 Å². The maximum Gasteiger partial charge on any atom is 0.344 e. The lowest BCUT2D eigenvalue weighted by molar-refractivity contribution is -0.119. The van der Waals surface area contributed by atoms with E-state index in [1.165, 1.54) is 4.52 Å². The molecule has 122 valence electrons. The number of aryl methyl sites for hydroxylation is 1. The monoisotopic (exact) mass is 436 g/mol. The van der Waals surface area contributed by atoms with Crippen molar-refractivity contribution in [1.29, 1.82) is 0 Å². The minimum atomic E-state index is -0.626. The summed E-state index contributed by atoms with van der Waals surface area (Å²) in [7, 11) is 0. The molecule has 0 unspecified atom stereocenters. The molecule has 0 aliphatic rings. The van der Waals surface area contributed by atoms with E-state index < -0.39 is 11.9 Å². The SMILES string of the molecule is Cc1nn2cccnc2c1C(=O)OCC(=O)Nc1ccc(I)cc1. The normalized spacial score (nSPS) is 10.6. The van der Waals surface area contributed by atoms with Gasteiger partial charge in [0.1, 0.15) is 5.56 Å². The van der Waals surface area contributed by atoms with Crippen LogP contribution in [0.25, 0.3) is 5.65 Å². The number of hydrogen-bond donors (Lipinski definition) is 1. The van der Waals surface area contributed by atoms with Crippen LogP contribution in [0.2, 0.25) is 0 Å². The highest BCUT2D eigenvalue weighted by Crippen LogP contribution is 2.14. The van der Waals surface area contributed by atoms with E-state index in [9.17, 15) is 9.59 Å². The van der Waals surface area contributed by atoms with Gasteiger partial charge in [-0.3, -0.25) is 4.79 Å². The number of esters is 1. The number of nitrogens with one attached hydrogen (secondary N) is 1. The van der Waals surface area contributed by atoms with Crippen molar-refractivity contribution in [3.63, 3.8) is 0 Å². The zero-order chi connectivity index (χ0) is 17.1. The summed E-state index contributed by atoms with van der Waals surface area (Å²) in [6, 6.07) is 9.01. The average Bonchev–Trinajstić information content (AvgIpc) is 2.90. The molecule has 0 radical (unpaired) electrons. The number of hydrogen-bond acceptors (Lipinski definition) is 5. The van der Waals surface area contributed by atoms with Crippen molar-refractivity contribution >= 4 is 45.8 Å². The number of halogens is 1. The molecule has 3 rings (SSSR count). The van der Waals surface area contributed by atoms with Crippen LogP contribution in [0.3, 0.4) is 0 Å². The molecule has 0 spiro atoms. The zero-order valence-corrected chi connectivity index (χ0v) is 14.9. The molecule has 7 nitrogen and oxygen atoms in total. The van der Waals surface area contributed by atoms with Gasteiger partial charge in [-0.25, -0.2) is 14.3 Å². The summed E-state index contributed by atoms with van der Waals surface area (Å²) in [4.78, 5) is 28.3. The van der Waals surface area contributed by atoms with Crippen molar-refractivity contribution in [2.45, 2.75) is 6.92 Å². The molecule has 0 aliphatic carbocycles. The number of carbonyl (C=O) groups excluding carboxylic acids is 2. The summed E-state index contributed by atoms with van der Waals surface area (Å²) in [5.41, 5.74) is 1.80. The molecule has 0 fully saturated rings. The molecule has 1 N–H and O–H groups in total. The first kappa shape index (κ1) is 16.4. The first-order valence-corrected chi connectivity index (χ1v) is 8.15. The topological polar surface area (TPSA) is 85.6 Å². The smallest absolute Gasteiger partial charge is 0.344 e. The number of ether oxygens (including phenoxy) is 1. The molecule has 8 heteroatoms. The minimum Gasteiger partial charge on any atom is -0.452 e. The third-order valence-electron chi connectivity index (χ3n) is 3.24. The van der Waals surface area contributed by atoms with Gasteiger partial charge < -0.3 is 10.1 Å². The summed E-state index contributed by atoms with van der Waals surface area (Å²) in [6.45, 7) is 1.31. The summed E-state index contributed by atoms with van der Waals surface area (Å²) in [5.74, 6) is -1.04. The third kappa shape index (κ3) is 3.53. The largest absolute Gasteiger partial charge is 0.452 e. The van der Waals surface area contributed by atoms with Crippen LogP contribution < -0.4 is 5.32 Å². The average molecular weight is 436 g/mol. The van der Waals surface area contributed by atoms with Crippen LogP contribution in [0.5, 0.6) is 0 Å². The van der Waals surface area contributed by atoms with Crippen molar-refractivity contribution in [3.05, 3.63) is 57.6 Å². The molecule has 0 bridgehead atoms. The maximum atomic E-state index is 12.2. The molecule has 0 saturated carbocycles. The van der Waals surface area contributed by atoms with Crippen LogP contribution in [-0.2, 0) is 9.53 Å². The van der Waals surface area contributed by atoms with Crippen LogP contribution in [0.4, 0.5) is 5.69 Å². The van der Waals surface area contributed by atoms with E-state index in [2.05, 4.69) is 38.0 Å². The molecule has 2 aromatic heterocycles. The van der Waals surface area contributed by atoms with Crippen LogP contribution in [0, 0.1) is 10.5 Å². The van der Waals surface area contributed by atoms with Gasteiger partial charge in [-0.1, -0.05) is 0 Å². The van der Waals surface area contributed by atoms with Crippen LogP contribution in [0.1, 0.15) is 16.1 Å². The Kier molecular flexibility index (Phi) is 4.74. The molecule has 3 aromatic rings. The van der Waals surface area contributed by atoms with Crippen LogP contribution >= 0.6 is 22.6 Å². The fraction of sp³-hybridized carbons (Fsp3) is 0.125. The van der Waals surface area contributed by atoms with Gasteiger partial charge in [0.2, 0.25) is 0 Å². The predicted molar refractivity (Wildman–Crippen MR) is 95.8 cm³/mol. The molecular formula is C16H13IN4O3. The maximum absolute atomic E-state index is 12.2. The van der Waals surface area contributed by atoms with E-state index in [0.717, 1.165) is 3.57 Å². The van der Waals surface area contributed by atoms with E-state index in [1.807, 2.05) is 12.1 Å². The highest BCUT2D eigenvalue weighted by Gasteiger charge is 2.20. The van der Waals surface area contributed by atoms with Crippen LogP contribution in [-0.4, -0.2) is 33.1 Å². The van der Waals surface area contributed by atoms with Gasteiger partial charge in [0.25, 0.3) is 5.91 Å². The number of benzene rings is 1. The highest BCUT2D eigenvalue weighted by atomic mass is 127. The summed E-state index contributed by atoms with van der Waals surface area (Å²) >= 11 is 2.18. The number of fused-ring (bicyclic) bond motifs is 1. The molecule has 0 atom stereocenters. The fourth-order valence-electron chi connectivity index (χ4n) is 2.17. The first-order chi connectivity index (χ1) is 11.5. The van der Waals surface area contributed by atoms with Gasteiger partial charge >= 0.3 is 5.97 Å². The Morgan fingerprint density at radius 2 is 2.04 bits per heavy atom. The van der Waals surface area contributed by atoms with Gasteiger partial charge in [0, 0.05) is 21.7 Å². The number of anilines is 1. The number of rotatable bonds is 4. The Balaban J connectivity index is 1.65. The lowest BCUT2D eigenvalue weighted by atomic mass is 10.2. The van der Waals surface area contributed by atoms with E-state index in [0.29, 0.717) is 17.0 Å². The Morgan fingerprint density at radius 1 is 1.29 bits per heavy atom. The van der Waals surface area contributed by atoms with E-state index >= 15 is 0 Å². The Morgan fingerprint density at radius 3 is 2.79 bits per heavy atom. The van der Waals surface area contributed by atoms with Crippen LogP contribution in [0.15, 0.2) is 42.7 Å². The van der Waals surface area contributed by atoms with Crippen molar-refractivity contribution in [2.24, 2.45) is 0 Å². The first-order valence-electron chi connectivity index (χ1n) is 7.07. The van der Waals surface area contributed by atoms with Gasteiger partial charge in [-0.05, 0) is 59.8 Å². The number of aromatic nitrogens is 3. The third-order valence-corrected chi connectivity index (χ3v) is 3.96. The minimum absolute atomic E-state index is 0.262. The standard InChI is InChI=1S/C16H13IN4O3/c1-10-14(15-18-7-2-8-21(15)20-10)16(23)24-9-13(22)19-12-5-3-11(17)4-6-12/h2-8H,9H2,1H3,(H,19,22). The Bertz CT molecular complexity index is 905. The van der Waals surface area contributed by atoms with Crippen molar-refractivity contribution < 1.29 is 14.3 Å². The molecule has 0 saturated heterocycles. The van der Waals surface area contributed by atoms with Gasteiger partial charge in [0.05, 0.1) is 5.69 Å². The zero-order valence-electron chi connectivity index (χ0n) is 12.7. The van der Waals surface area contributed by atoms with Gasteiger partial charge in [-0.2, -0.15) is 5.10 Å². The molecule has 1 amide bonds. The Labute approximate surface area is 151 Å².